The Kier molecular flexibility index (Phi) is 5.18. The van der Waals surface area contributed by atoms with Crippen LogP contribution in [0.1, 0.15) is 41.4 Å². The first-order chi connectivity index (χ1) is 15.6. The Hall–Kier alpha value is -2.38. The van der Waals surface area contributed by atoms with Crippen LogP contribution in [0.4, 0.5) is 0 Å². The number of furan rings is 1. The highest BCUT2D eigenvalue weighted by Gasteiger charge is 2.42. The standard InChI is InChI=1S/C25H32N4O3/c30-24-5-1-3-22-19-9-17(13-29(22)24)12-27(14-19)15-20-16-28-7-6-18(20)10-21(28)11-26-25(31)23-4-2-8-32-23/h1-5,8,17-21H,6-7,9-16H2,(H,26,31). The van der Waals surface area contributed by atoms with Crippen molar-refractivity contribution in [3.05, 3.63) is 58.4 Å². The number of pyridine rings is 1. The molecular formula is C25H32N4O3. The minimum atomic E-state index is -0.117. The average molecular weight is 437 g/mol. The maximum Gasteiger partial charge on any atom is 0.287 e. The van der Waals surface area contributed by atoms with E-state index in [1.807, 2.05) is 10.6 Å². The van der Waals surface area contributed by atoms with Crippen molar-refractivity contribution in [2.24, 2.45) is 17.8 Å². The second kappa shape index (κ2) is 8.19. The van der Waals surface area contributed by atoms with E-state index >= 15 is 0 Å². The molecule has 7 nitrogen and oxygen atoms in total. The normalized spacial score (nSPS) is 33.6. The van der Waals surface area contributed by atoms with E-state index in [0.29, 0.717) is 36.1 Å². The van der Waals surface area contributed by atoms with Crippen molar-refractivity contribution in [3.8, 4) is 0 Å². The van der Waals surface area contributed by atoms with Crippen LogP contribution in [0.5, 0.6) is 0 Å². The first-order valence-electron chi connectivity index (χ1n) is 12.1. The van der Waals surface area contributed by atoms with Gasteiger partial charge in [0.15, 0.2) is 5.76 Å². The largest absolute Gasteiger partial charge is 0.459 e. The van der Waals surface area contributed by atoms with Crippen LogP contribution in [-0.4, -0.2) is 65.6 Å². The van der Waals surface area contributed by atoms with Crippen molar-refractivity contribution < 1.29 is 9.21 Å². The van der Waals surface area contributed by atoms with Gasteiger partial charge < -0.3 is 19.2 Å². The fraction of sp³-hybridized carbons (Fsp3) is 0.600. The third-order valence-electron chi connectivity index (χ3n) is 8.31. The number of likely N-dealkylation sites (tertiary alicyclic amines) is 1. The molecule has 7 heterocycles. The Morgan fingerprint density at radius 2 is 2.03 bits per heavy atom. The minimum Gasteiger partial charge on any atom is -0.459 e. The summed E-state index contributed by atoms with van der Waals surface area (Å²) in [5, 5.41) is 3.06. The molecule has 0 aliphatic carbocycles. The number of aromatic nitrogens is 1. The minimum absolute atomic E-state index is 0.117. The summed E-state index contributed by atoms with van der Waals surface area (Å²) in [4.78, 5) is 29.8. The van der Waals surface area contributed by atoms with Gasteiger partial charge in [-0.15, -0.1) is 0 Å². The number of piperidine rings is 4. The predicted molar refractivity (Wildman–Crippen MR) is 121 cm³/mol. The number of nitrogens with zero attached hydrogens (tertiary/aromatic N) is 3. The lowest BCUT2D eigenvalue weighted by Crippen LogP contribution is -2.59. The molecular weight excluding hydrogens is 404 g/mol. The molecule has 0 spiro atoms. The van der Waals surface area contributed by atoms with Crippen molar-refractivity contribution in [3.63, 3.8) is 0 Å². The number of nitrogens with one attached hydrogen (secondary N) is 1. The molecule has 0 saturated carbocycles. The summed E-state index contributed by atoms with van der Waals surface area (Å²) in [7, 11) is 0. The Morgan fingerprint density at radius 1 is 1.09 bits per heavy atom. The van der Waals surface area contributed by atoms with E-state index in [2.05, 4.69) is 21.2 Å². The zero-order chi connectivity index (χ0) is 21.7. The van der Waals surface area contributed by atoms with Crippen LogP contribution in [0.3, 0.4) is 0 Å². The molecule has 32 heavy (non-hydrogen) atoms. The predicted octanol–water partition coefficient (Wildman–Crippen LogP) is 2.00. The van der Waals surface area contributed by atoms with Gasteiger partial charge in [0.05, 0.1) is 6.26 Å². The zero-order valence-electron chi connectivity index (χ0n) is 18.5. The van der Waals surface area contributed by atoms with Crippen LogP contribution < -0.4 is 10.9 Å². The Morgan fingerprint density at radius 3 is 2.84 bits per heavy atom. The highest BCUT2D eigenvalue weighted by molar-refractivity contribution is 5.91. The number of hydrogen-bond donors (Lipinski definition) is 1. The summed E-state index contributed by atoms with van der Waals surface area (Å²) in [5.41, 5.74) is 1.40. The summed E-state index contributed by atoms with van der Waals surface area (Å²) in [6.07, 6.45) is 5.20. The summed E-state index contributed by atoms with van der Waals surface area (Å²) in [5.74, 6) is 2.79. The summed E-state index contributed by atoms with van der Waals surface area (Å²) >= 11 is 0. The van der Waals surface area contributed by atoms with Crippen LogP contribution in [0, 0.1) is 17.8 Å². The smallest absolute Gasteiger partial charge is 0.287 e. The van der Waals surface area contributed by atoms with Gasteiger partial charge in [-0.05, 0) is 61.8 Å². The van der Waals surface area contributed by atoms with Crippen LogP contribution >= 0.6 is 0 Å². The Balaban J connectivity index is 1.06. The van der Waals surface area contributed by atoms with Gasteiger partial charge >= 0.3 is 0 Å². The number of carbonyl (C=O) groups excluding carboxylic acids is 1. The molecule has 6 atom stereocenters. The van der Waals surface area contributed by atoms with Gasteiger partial charge in [0.1, 0.15) is 0 Å². The van der Waals surface area contributed by atoms with Crippen LogP contribution in [0.2, 0.25) is 0 Å². The molecule has 1 N–H and O–H groups in total. The summed E-state index contributed by atoms with van der Waals surface area (Å²) < 4.78 is 7.23. The van der Waals surface area contributed by atoms with Gasteiger partial charge in [0, 0.05) is 63.0 Å². The van der Waals surface area contributed by atoms with Crippen LogP contribution in [-0.2, 0) is 6.54 Å². The third-order valence-corrected chi connectivity index (χ3v) is 8.31. The topological polar surface area (TPSA) is 70.7 Å². The maximum absolute atomic E-state index is 12.3. The van der Waals surface area contributed by atoms with E-state index in [1.165, 1.54) is 31.2 Å². The molecule has 2 aromatic heterocycles. The lowest BCUT2D eigenvalue weighted by atomic mass is 9.74. The first kappa shape index (κ1) is 20.2. The molecule has 1 amide bonds. The molecule has 2 aromatic rings. The second-order valence-electron chi connectivity index (χ2n) is 10.3. The Labute approximate surface area is 188 Å². The molecule has 170 valence electrons. The number of carbonyl (C=O) groups is 1. The lowest BCUT2D eigenvalue weighted by Gasteiger charge is -2.52. The average Bonchev–Trinajstić information content (AvgIpc) is 3.34. The molecule has 7 heteroatoms. The van der Waals surface area contributed by atoms with Gasteiger partial charge in [-0.3, -0.25) is 14.5 Å². The van der Waals surface area contributed by atoms with Crippen molar-refractivity contribution in [1.29, 1.82) is 0 Å². The fourth-order valence-corrected chi connectivity index (χ4v) is 6.85. The first-order valence-corrected chi connectivity index (χ1v) is 12.1. The molecule has 7 rings (SSSR count). The molecule has 4 fully saturated rings. The number of amides is 1. The van der Waals surface area contributed by atoms with Crippen molar-refractivity contribution in [2.75, 3.05) is 39.3 Å². The Bertz CT molecular complexity index is 1030. The van der Waals surface area contributed by atoms with Gasteiger partial charge in [0.2, 0.25) is 0 Å². The molecule has 4 saturated heterocycles. The van der Waals surface area contributed by atoms with Crippen molar-refractivity contribution in [2.45, 2.75) is 37.8 Å². The SMILES string of the molecule is O=C(NCC1CC2CCN1CC2CN1CC2CC(C1)c1cccc(=O)n1C2)c1ccco1. The van der Waals surface area contributed by atoms with E-state index < -0.39 is 0 Å². The molecule has 0 aromatic carbocycles. The van der Waals surface area contributed by atoms with Crippen molar-refractivity contribution >= 4 is 5.91 Å². The summed E-state index contributed by atoms with van der Waals surface area (Å²) in [6, 6.07) is 9.66. The van der Waals surface area contributed by atoms with E-state index in [0.717, 1.165) is 45.2 Å². The fourth-order valence-electron chi connectivity index (χ4n) is 6.85. The van der Waals surface area contributed by atoms with E-state index in [1.54, 1.807) is 18.2 Å². The maximum atomic E-state index is 12.3. The van der Waals surface area contributed by atoms with Crippen molar-refractivity contribution in [1.82, 2.24) is 19.7 Å². The monoisotopic (exact) mass is 436 g/mol. The highest BCUT2D eigenvalue weighted by atomic mass is 16.3. The number of hydrogen-bond acceptors (Lipinski definition) is 5. The molecule has 5 aliphatic rings. The van der Waals surface area contributed by atoms with E-state index in [9.17, 15) is 9.59 Å². The van der Waals surface area contributed by atoms with Gasteiger partial charge in [-0.25, -0.2) is 0 Å². The second-order valence-corrected chi connectivity index (χ2v) is 10.3. The summed E-state index contributed by atoms with van der Waals surface area (Å²) in [6.45, 7) is 7.20. The van der Waals surface area contributed by atoms with E-state index in [4.69, 9.17) is 4.42 Å². The van der Waals surface area contributed by atoms with Gasteiger partial charge in [-0.1, -0.05) is 6.07 Å². The molecule has 0 radical (unpaired) electrons. The zero-order valence-corrected chi connectivity index (χ0v) is 18.5. The highest BCUT2D eigenvalue weighted by Crippen LogP contribution is 2.39. The molecule has 5 aliphatic heterocycles. The van der Waals surface area contributed by atoms with Gasteiger partial charge in [-0.2, -0.15) is 0 Å². The van der Waals surface area contributed by atoms with Crippen LogP contribution in [0.15, 0.2) is 45.8 Å². The number of fused-ring (bicyclic) bond motifs is 7. The lowest BCUT2D eigenvalue weighted by molar-refractivity contribution is -0.0198. The number of rotatable bonds is 5. The van der Waals surface area contributed by atoms with Crippen LogP contribution in [0.25, 0.3) is 0 Å². The third kappa shape index (κ3) is 3.71. The quantitative estimate of drug-likeness (QED) is 0.776. The van der Waals surface area contributed by atoms with E-state index in [-0.39, 0.29) is 11.5 Å². The van der Waals surface area contributed by atoms with Gasteiger partial charge in [0.25, 0.3) is 11.5 Å². The molecule has 6 unspecified atom stereocenters. The molecule has 4 bridgehead atoms.